The number of anilines is 1. The molecule has 0 radical (unpaired) electrons. The second kappa shape index (κ2) is 13.0. The van der Waals surface area contributed by atoms with Crippen LogP contribution in [0.15, 0.2) is 40.9 Å². The van der Waals surface area contributed by atoms with Crippen LogP contribution in [0.25, 0.3) is 0 Å². The van der Waals surface area contributed by atoms with E-state index in [0.29, 0.717) is 6.07 Å². The Labute approximate surface area is 245 Å². The van der Waals surface area contributed by atoms with Crippen LogP contribution in [0.2, 0.25) is 15.1 Å². The molecule has 0 aromatic heterocycles. The lowest BCUT2D eigenvalue weighted by atomic mass is 9.78. The number of nitrogens with zero attached hydrogens (tertiary/aromatic N) is 1. The molecule has 2 atom stereocenters. The van der Waals surface area contributed by atoms with Crippen LogP contribution in [0.3, 0.4) is 0 Å². The van der Waals surface area contributed by atoms with E-state index < -0.39 is 47.1 Å². The molecule has 0 unspecified atom stereocenters. The van der Waals surface area contributed by atoms with E-state index in [4.69, 9.17) is 44.3 Å². The summed E-state index contributed by atoms with van der Waals surface area (Å²) in [7, 11) is 1.08. The zero-order chi connectivity index (χ0) is 29.8. The first-order valence-corrected chi connectivity index (χ1v) is 13.4. The molecule has 212 valence electrons. The summed E-state index contributed by atoms with van der Waals surface area (Å²) in [6, 6.07) is 7.21. The Bertz CT molecular complexity index is 1410. The molecule has 0 saturated carbocycles. The predicted octanol–water partition coefficient (Wildman–Crippen LogP) is 6.17. The second-order valence-corrected chi connectivity index (χ2v) is 10.3. The third-order valence-corrected chi connectivity index (χ3v) is 7.48. The number of halogens is 6. The van der Waals surface area contributed by atoms with E-state index in [1.165, 1.54) is 12.1 Å². The molecular weight excluding hydrogens is 618 g/mol. The van der Waals surface area contributed by atoms with Gasteiger partial charge in [0.05, 0.1) is 62.5 Å². The zero-order valence-electron chi connectivity index (χ0n) is 20.6. The maximum atomic E-state index is 13.1. The van der Waals surface area contributed by atoms with Crippen LogP contribution in [-0.2, 0) is 25.3 Å². The maximum Gasteiger partial charge on any atom is 0.416 e. The van der Waals surface area contributed by atoms with Gasteiger partial charge in [-0.1, -0.05) is 46.6 Å². The van der Waals surface area contributed by atoms with Crippen molar-refractivity contribution in [2.24, 2.45) is 5.92 Å². The maximum absolute atomic E-state index is 13.1. The van der Waals surface area contributed by atoms with Crippen LogP contribution in [0, 0.1) is 17.2 Å². The van der Waals surface area contributed by atoms with Crippen molar-refractivity contribution < 1.29 is 37.0 Å². The number of carbonyl (C=O) groups is 3. The Hall–Kier alpha value is -3.11. The first-order chi connectivity index (χ1) is 18.8. The molecule has 40 heavy (non-hydrogen) atoms. The molecule has 0 bridgehead atoms. The molecule has 1 aliphatic heterocycles. The fourth-order valence-corrected chi connectivity index (χ4v) is 5.47. The largest absolute Gasteiger partial charge is 0.491 e. The van der Waals surface area contributed by atoms with Crippen molar-refractivity contribution in [3.63, 3.8) is 0 Å². The van der Waals surface area contributed by atoms with Gasteiger partial charge in [-0.15, -0.1) is 0 Å². The van der Waals surface area contributed by atoms with Gasteiger partial charge in [0, 0.05) is 5.92 Å². The molecule has 0 aliphatic carbocycles. The van der Waals surface area contributed by atoms with Gasteiger partial charge >= 0.3 is 12.1 Å². The number of methoxy groups -OCH3 is 1. The van der Waals surface area contributed by atoms with Crippen molar-refractivity contribution in [3.05, 3.63) is 67.1 Å². The second-order valence-electron chi connectivity index (χ2n) is 8.10. The molecule has 2 amide bonds. The molecule has 2 aromatic carbocycles. The number of amides is 2. The first-order valence-electron chi connectivity index (χ1n) is 11.3. The smallest absolute Gasteiger partial charge is 0.416 e. The summed E-state index contributed by atoms with van der Waals surface area (Å²) in [6.07, 6.45) is -4.66. The Balaban J connectivity index is 1.95. The van der Waals surface area contributed by atoms with Gasteiger partial charge in [-0.2, -0.15) is 18.4 Å². The molecule has 0 saturated heterocycles. The summed E-state index contributed by atoms with van der Waals surface area (Å²) < 4.78 is 49.4. The number of alkyl halides is 3. The molecular formula is C25H19Cl3F3N3O5S. The summed E-state index contributed by atoms with van der Waals surface area (Å²) in [4.78, 5) is 38.2. The average molecular weight is 637 g/mol. The number of ether oxygens (including phenoxy) is 2. The number of nitrogens with one attached hydrogen (secondary N) is 2. The number of hydrogen-bond donors (Lipinski definition) is 2. The van der Waals surface area contributed by atoms with Crippen LogP contribution in [0.4, 0.5) is 18.9 Å². The van der Waals surface area contributed by atoms with E-state index in [-0.39, 0.29) is 49.3 Å². The molecule has 1 aliphatic rings. The fraction of sp³-hybridized carbons (Fsp3) is 0.280. The molecule has 3 rings (SSSR count). The Morgan fingerprint density at radius 2 is 1.80 bits per heavy atom. The summed E-state index contributed by atoms with van der Waals surface area (Å²) in [5, 5.41) is 14.7. The highest BCUT2D eigenvalue weighted by atomic mass is 35.5. The highest BCUT2D eigenvalue weighted by molar-refractivity contribution is 8.03. The van der Waals surface area contributed by atoms with Gasteiger partial charge in [-0.3, -0.25) is 14.4 Å². The predicted molar refractivity (Wildman–Crippen MR) is 144 cm³/mol. The number of allylic oxidation sites excluding steroid dienone is 1. The number of nitriles is 1. The monoisotopic (exact) mass is 635 g/mol. The minimum Gasteiger partial charge on any atom is -0.491 e. The van der Waals surface area contributed by atoms with Crippen LogP contribution >= 0.6 is 46.6 Å². The Kier molecular flexibility index (Phi) is 10.2. The van der Waals surface area contributed by atoms with E-state index >= 15 is 0 Å². The summed E-state index contributed by atoms with van der Waals surface area (Å²) in [6.45, 7) is 1.98. The third-order valence-electron chi connectivity index (χ3n) is 5.57. The Morgan fingerprint density at radius 3 is 2.35 bits per heavy atom. The third kappa shape index (κ3) is 6.96. The SMILES string of the molecule is CCOc1c(Cl)cc([C@H]2C(C#N)=C(SCC(=O)Nc3cc(C(F)(F)F)ccc3Cl)NC(=O)[C@@H]2C(=O)OC)cc1Cl. The first kappa shape index (κ1) is 31.4. The lowest BCUT2D eigenvalue weighted by Crippen LogP contribution is -2.44. The number of hydrogen-bond acceptors (Lipinski definition) is 7. The molecule has 2 aromatic rings. The van der Waals surface area contributed by atoms with Crippen LogP contribution in [0.1, 0.15) is 24.0 Å². The summed E-state index contributed by atoms with van der Waals surface area (Å²) >= 11 is 19.3. The van der Waals surface area contributed by atoms with Crippen LogP contribution in [-0.4, -0.2) is 37.3 Å². The van der Waals surface area contributed by atoms with E-state index in [9.17, 15) is 32.8 Å². The summed E-state index contributed by atoms with van der Waals surface area (Å²) in [5.74, 6) is -5.48. The van der Waals surface area contributed by atoms with Crippen molar-refractivity contribution in [1.82, 2.24) is 5.32 Å². The number of carbonyl (C=O) groups excluding carboxylic acids is 3. The lowest BCUT2D eigenvalue weighted by molar-refractivity contribution is -0.150. The van der Waals surface area contributed by atoms with Crippen molar-refractivity contribution >= 4 is 70.0 Å². The normalized spacial score (nSPS) is 17.1. The molecule has 15 heteroatoms. The van der Waals surface area contributed by atoms with Gasteiger partial charge in [0.25, 0.3) is 0 Å². The van der Waals surface area contributed by atoms with Gasteiger partial charge < -0.3 is 20.1 Å². The molecule has 0 spiro atoms. The van der Waals surface area contributed by atoms with Gasteiger partial charge in [-0.25, -0.2) is 0 Å². The van der Waals surface area contributed by atoms with Gasteiger partial charge in [0.1, 0.15) is 5.92 Å². The minimum absolute atomic E-state index is 0.0518. The molecule has 1 heterocycles. The minimum atomic E-state index is -4.66. The quantitative estimate of drug-likeness (QED) is 0.263. The van der Waals surface area contributed by atoms with Crippen molar-refractivity contribution in [2.75, 3.05) is 24.8 Å². The van der Waals surface area contributed by atoms with Crippen LogP contribution in [0.5, 0.6) is 5.75 Å². The van der Waals surface area contributed by atoms with E-state index in [1.54, 1.807) is 6.92 Å². The standard InChI is InChI=1S/C25H19Cl3F3N3O5S/c1-3-39-21-15(27)6-11(7-16(21)28)19-13(9-32)23(34-22(36)20(19)24(37)38-2)40-10-18(35)33-17-8-12(25(29,30)31)4-5-14(17)26/h4-8,19-20H,3,10H2,1-2H3,(H,33,35)(H,34,36)/t19-,20+/m0/s1. The lowest BCUT2D eigenvalue weighted by Gasteiger charge is -2.31. The summed E-state index contributed by atoms with van der Waals surface area (Å²) in [5.41, 5.74) is -1.15. The average Bonchev–Trinajstić information content (AvgIpc) is 2.89. The van der Waals surface area contributed by atoms with Crippen molar-refractivity contribution in [1.29, 1.82) is 5.26 Å². The molecule has 8 nitrogen and oxygen atoms in total. The topological polar surface area (TPSA) is 118 Å². The number of esters is 1. The molecule has 0 fully saturated rings. The fourth-order valence-electron chi connectivity index (χ4n) is 3.84. The van der Waals surface area contributed by atoms with Gasteiger partial charge in [-0.05, 0) is 42.8 Å². The number of benzene rings is 2. The Morgan fingerprint density at radius 1 is 1.15 bits per heavy atom. The highest BCUT2D eigenvalue weighted by Crippen LogP contribution is 2.44. The van der Waals surface area contributed by atoms with Gasteiger partial charge in [0.15, 0.2) is 5.75 Å². The molecule has 2 N–H and O–H groups in total. The number of thioether (sulfide) groups is 1. The van der Waals surface area contributed by atoms with Crippen molar-refractivity contribution in [3.8, 4) is 11.8 Å². The van der Waals surface area contributed by atoms with E-state index in [0.717, 1.165) is 31.0 Å². The van der Waals surface area contributed by atoms with E-state index in [2.05, 4.69) is 10.6 Å². The van der Waals surface area contributed by atoms with Gasteiger partial charge in [0.2, 0.25) is 11.8 Å². The zero-order valence-corrected chi connectivity index (χ0v) is 23.7. The number of rotatable bonds is 8. The highest BCUT2D eigenvalue weighted by Gasteiger charge is 2.45. The van der Waals surface area contributed by atoms with E-state index in [1.807, 2.05) is 6.07 Å². The van der Waals surface area contributed by atoms with Crippen molar-refractivity contribution in [2.45, 2.75) is 19.0 Å². The van der Waals surface area contributed by atoms with Crippen LogP contribution < -0.4 is 15.4 Å².